The third kappa shape index (κ3) is 5.00. The summed E-state index contributed by atoms with van der Waals surface area (Å²) in [4.78, 5) is 20.3. The zero-order valence-corrected chi connectivity index (χ0v) is 20.6. The van der Waals surface area contributed by atoms with Crippen molar-refractivity contribution in [3.8, 4) is 17.2 Å². The van der Waals surface area contributed by atoms with Crippen LogP contribution in [0.2, 0.25) is 5.02 Å². The van der Waals surface area contributed by atoms with Crippen LogP contribution >= 0.6 is 22.9 Å². The number of benzene rings is 1. The molecule has 0 saturated carbocycles. The summed E-state index contributed by atoms with van der Waals surface area (Å²) in [7, 11) is 3.35. The van der Waals surface area contributed by atoms with Crippen molar-refractivity contribution in [2.45, 2.75) is 4.21 Å². The average Bonchev–Trinajstić information content (AvgIpc) is 3.38. The molecule has 33 heavy (non-hydrogen) atoms. The van der Waals surface area contributed by atoms with Crippen molar-refractivity contribution >= 4 is 46.0 Å². The number of carbonyl (C=O) groups is 1. The lowest BCUT2D eigenvalue weighted by atomic mass is 10.0. The maximum absolute atomic E-state index is 12.7. The number of hydrogen-bond acceptors (Lipinski definition) is 7. The van der Waals surface area contributed by atoms with Gasteiger partial charge in [0.15, 0.2) is 0 Å². The monoisotopic (exact) mass is 499 g/mol. The van der Waals surface area contributed by atoms with Gasteiger partial charge in [0.25, 0.3) is 5.91 Å². The zero-order valence-electron chi connectivity index (χ0n) is 18.2. The van der Waals surface area contributed by atoms with Gasteiger partial charge in [0.05, 0.1) is 40.6 Å². The van der Waals surface area contributed by atoms with Gasteiger partial charge in [-0.2, -0.15) is 5.26 Å². The van der Waals surface area contributed by atoms with E-state index < -0.39 is 11.4 Å². The standard InChI is InChI=1S/C23H22ClN5O2S2/c1-27(2)23(30)19-6-5-16(13-20(19)24)18-12-17(14-25)22(26-15-18)28-7-9-29(10-8-28)33(31)21-4-3-11-32-21/h3-6,11-13,15H,7-10H2,1-2H3/t33-/m0/s1. The van der Waals surface area contributed by atoms with E-state index in [-0.39, 0.29) is 5.91 Å². The first kappa shape index (κ1) is 23.5. The highest BCUT2D eigenvalue weighted by Gasteiger charge is 2.29. The molecule has 3 aromatic rings. The van der Waals surface area contributed by atoms with Crippen LogP contribution < -0.4 is 4.90 Å². The van der Waals surface area contributed by atoms with E-state index in [2.05, 4.69) is 16.0 Å². The summed E-state index contributed by atoms with van der Waals surface area (Å²) in [5.41, 5.74) is 2.42. The fraction of sp³-hybridized carbons (Fsp3) is 0.261. The third-order valence-electron chi connectivity index (χ3n) is 5.37. The molecule has 1 atom stereocenters. The smallest absolute Gasteiger partial charge is 0.254 e. The number of piperazine rings is 1. The quantitative estimate of drug-likeness (QED) is 0.495. The van der Waals surface area contributed by atoms with Crippen LogP contribution in [0.1, 0.15) is 15.9 Å². The van der Waals surface area contributed by atoms with E-state index in [1.54, 1.807) is 44.6 Å². The Labute approximate surface area is 205 Å². The van der Waals surface area contributed by atoms with E-state index >= 15 is 0 Å². The molecule has 1 aliphatic heterocycles. The lowest BCUT2D eigenvalue weighted by Gasteiger charge is -2.34. The summed E-state index contributed by atoms with van der Waals surface area (Å²) in [6.07, 6.45) is 1.71. The second-order valence-corrected chi connectivity index (χ2v) is 10.8. The van der Waals surface area contributed by atoms with Gasteiger partial charge in [0.2, 0.25) is 4.21 Å². The van der Waals surface area contributed by atoms with Crippen LogP contribution in [0, 0.1) is 11.3 Å². The van der Waals surface area contributed by atoms with E-state index in [0.717, 1.165) is 15.3 Å². The number of pyridine rings is 1. The van der Waals surface area contributed by atoms with Gasteiger partial charge in [-0.05, 0) is 35.2 Å². The molecule has 0 unspecified atom stereocenters. The summed E-state index contributed by atoms with van der Waals surface area (Å²) in [5, 5.41) is 12.0. The highest BCUT2D eigenvalue weighted by atomic mass is 35.5. The molecule has 1 aliphatic rings. The SMILES string of the molecule is CN(C)C(=O)c1ccc(-c2cnc(N3CCN([S@@+]([O-])c4cccs4)CC3)c(C#N)c2)cc1Cl. The number of anilines is 1. The van der Waals surface area contributed by atoms with Gasteiger partial charge in [0, 0.05) is 45.0 Å². The van der Waals surface area contributed by atoms with Crippen molar-refractivity contribution in [2.75, 3.05) is 45.2 Å². The van der Waals surface area contributed by atoms with Crippen LogP contribution in [-0.2, 0) is 11.4 Å². The lowest BCUT2D eigenvalue weighted by molar-refractivity contribution is 0.0828. The van der Waals surface area contributed by atoms with Gasteiger partial charge >= 0.3 is 0 Å². The molecule has 0 radical (unpaired) electrons. The Hall–Kier alpha value is -2.61. The number of halogens is 1. The van der Waals surface area contributed by atoms with Crippen molar-refractivity contribution < 1.29 is 9.35 Å². The zero-order chi connectivity index (χ0) is 23.5. The summed E-state index contributed by atoms with van der Waals surface area (Å²) >= 11 is 6.69. The number of amides is 1. The van der Waals surface area contributed by atoms with Gasteiger partial charge < -0.3 is 14.4 Å². The Morgan fingerprint density at radius 2 is 1.97 bits per heavy atom. The van der Waals surface area contributed by atoms with Gasteiger partial charge in [-0.3, -0.25) is 4.79 Å². The molecule has 0 bridgehead atoms. The minimum absolute atomic E-state index is 0.170. The maximum Gasteiger partial charge on any atom is 0.254 e. The third-order valence-corrected chi connectivity index (χ3v) is 8.37. The highest BCUT2D eigenvalue weighted by Crippen LogP contribution is 2.30. The van der Waals surface area contributed by atoms with Gasteiger partial charge in [-0.25, -0.2) is 4.98 Å². The van der Waals surface area contributed by atoms with Crippen LogP contribution in [0.15, 0.2) is 52.2 Å². The topological polar surface area (TPSA) is 86.5 Å². The molecule has 2 aromatic heterocycles. The van der Waals surface area contributed by atoms with E-state index in [0.29, 0.717) is 48.1 Å². The van der Waals surface area contributed by atoms with Crippen LogP contribution in [-0.4, -0.2) is 64.9 Å². The summed E-state index contributed by atoms with van der Waals surface area (Å²) in [6.45, 7) is 2.50. The molecule has 0 spiro atoms. The average molecular weight is 500 g/mol. The molecular formula is C23H22ClN5O2S2. The molecule has 3 heterocycles. The summed E-state index contributed by atoms with van der Waals surface area (Å²) in [5.74, 6) is 0.449. The molecular weight excluding hydrogens is 478 g/mol. The number of aromatic nitrogens is 1. The number of carbonyl (C=O) groups excluding carboxylic acids is 1. The predicted molar refractivity (Wildman–Crippen MR) is 132 cm³/mol. The first-order valence-electron chi connectivity index (χ1n) is 10.3. The van der Waals surface area contributed by atoms with Crippen molar-refractivity contribution in [3.63, 3.8) is 0 Å². The molecule has 7 nitrogen and oxygen atoms in total. The number of nitrogens with zero attached hydrogens (tertiary/aromatic N) is 5. The van der Waals surface area contributed by atoms with Gasteiger partial charge in [-0.15, -0.1) is 4.31 Å². The van der Waals surface area contributed by atoms with Crippen molar-refractivity contribution in [2.24, 2.45) is 0 Å². The lowest BCUT2D eigenvalue weighted by Crippen LogP contribution is -2.49. The molecule has 0 aliphatic carbocycles. The number of hydrogen-bond donors (Lipinski definition) is 0. The second kappa shape index (κ2) is 10.1. The summed E-state index contributed by atoms with van der Waals surface area (Å²) in [6, 6.07) is 13.0. The first-order chi connectivity index (χ1) is 15.9. The van der Waals surface area contributed by atoms with Gasteiger partial charge in [0.1, 0.15) is 11.9 Å². The van der Waals surface area contributed by atoms with Crippen molar-refractivity contribution in [3.05, 3.63) is 64.1 Å². The Kier molecular flexibility index (Phi) is 7.22. The molecule has 1 amide bonds. The first-order valence-corrected chi connectivity index (χ1v) is 12.6. The summed E-state index contributed by atoms with van der Waals surface area (Å²) < 4.78 is 15.5. The Balaban J connectivity index is 1.51. The molecule has 10 heteroatoms. The fourth-order valence-electron chi connectivity index (χ4n) is 3.61. The predicted octanol–water partition coefficient (Wildman–Crippen LogP) is 3.88. The van der Waals surface area contributed by atoms with E-state index in [1.165, 1.54) is 16.2 Å². The molecule has 1 saturated heterocycles. The highest BCUT2D eigenvalue weighted by molar-refractivity contribution is 7.91. The normalized spacial score (nSPS) is 15.2. The van der Waals surface area contributed by atoms with Gasteiger partial charge in [-0.1, -0.05) is 29.0 Å². The number of nitriles is 1. The molecule has 4 rings (SSSR count). The number of thiophene rings is 1. The van der Waals surface area contributed by atoms with Crippen molar-refractivity contribution in [1.82, 2.24) is 14.2 Å². The Morgan fingerprint density at radius 1 is 1.21 bits per heavy atom. The Bertz CT molecular complexity index is 1190. The largest absolute Gasteiger partial charge is 0.592 e. The fourth-order valence-corrected chi connectivity index (χ4v) is 6.08. The van der Waals surface area contributed by atoms with Crippen LogP contribution in [0.25, 0.3) is 11.1 Å². The Morgan fingerprint density at radius 3 is 2.58 bits per heavy atom. The van der Waals surface area contributed by atoms with Crippen LogP contribution in [0.4, 0.5) is 5.82 Å². The number of rotatable bonds is 5. The minimum Gasteiger partial charge on any atom is -0.592 e. The molecule has 1 aromatic carbocycles. The molecule has 0 N–H and O–H groups in total. The van der Waals surface area contributed by atoms with E-state index in [1.807, 2.05) is 21.8 Å². The molecule has 170 valence electrons. The molecule has 1 fully saturated rings. The van der Waals surface area contributed by atoms with E-state index in [9.17, 15) is 14.6 Å². The van der Waals surface area contributed by atoms with Crippen LogP contribution in [0.3, 0.4) is 0 Å². The van der Waals surface area contributed by atoms with E-state index in [4.69, 9.17) is 11.6 Å². The minimum atomic E-state index is -1.16. The van der Waals surface area contributed by atoms with Crippen molar-refractivity contribution in [1.29, 1.82) is 5.26 Å². The maximum atomic E-state index is 12.7. The van der Waals surface area contributed by atoms with Crippen LogP contribution in [0.5, 0.6) is 0 Å². The second-order valence-electron chi connectivity index (χ2n) is 7.70.